The maximum atomic E-state index is 12.8. The summed E-state index contributed by atoms with van der Waals surface area (Å²) in [5.41, 5.74) is 1.46. The van der Waals surface area contributed by atoms with Gasteiger partial charge in [0, 0.05) is 28.5 Å². The summed E-state index contributed by atoms with van der Waals surface area (Å²) < 4.78 is 13.7. The summed E-state index contributed by atoms with van der Waals surface area (Å²) in [5.74, 6) is -0.493. The number of pyridine rings is 2. The Morgan fingerprint density at radius 1 is 1.14 bits per heavy atom. The molecule has 2 nitrogen and oxygen atoms in total. The van der Waals surface area contributed by atoms with Gasteiger partial charge in [0.15, 0.2) is 0 Å². The van der Waals surface area contributed by atoms with Gasteiger partial charge in [-0.3, -0.25) is 4.98 Å². The number of hydrogen-bond acceptors (Lipinski definition) is 2. The Morgan fingerprint density at radius 2 is 2.00 bits per heavy atom. The SMILES string of the molecule is Fc1cc(-c2ccc(Br)cn2)ccn1. The van der Waals surface area contributed by atoms with Crippen molar-refractivity contribution in [1.82, 2.24) is 9.97 Å². The first-order chi connectivity index (χ1) is 6.75. The highest BCUT2D eigenvalue weighted by Gasteiger charge is 2.00. The fourth-order valence-electron chi connectivity index (χ4n) is 1.11. The van der Waals surface area contributed by atoms with Gasteiger partial charge in [-0.1, -0.05) is 0 Å². The lowest BCUT2D eigenvalue weighted by Crippen LogP contribution is -1.86. The number of aromatic nitrogens is 2. The second kappa shape index (κ2) is 3.84. The Balaban J connectivity index is 2.44. The number of halogens is 2. The molecule has 2 aromatic heterocycles. The van der Waals surface area contributed by atoms with Crippen LogP contribution in [0.1, 0.15) is 0 Å². The lowest BCUT2D eigenvalue weighted by atomic mass is 10.2. The van der Waals surface area contributed by atoms with Gasteiger partial charge in [-0.15, -0.1) is 0 Å². The largest absolute Gasteiger partial charge is 0.255 e. The van der Waals surface area contributed by atoms with Crippen LogP contribution >= 0.6 is 15.9 Å². The van der Waals surface area contributed by atoms with Crippen molar-refractivity contribution >= 4 is 15.9 Å². The van der Waals surface area contributed by atoms with Gasteiger partial charge < -0.3 is 0 Å². The predicted molar refractivity (Wildman–Crippen MR) is 55.1 cm³/mol. The van der Waals surface area contributed by atoms with E-state index in [-0.39, 0.29) is 0 Å². The summed E-state index contributed by atoms with van der Waals surface area (Å²) in [6, 6.07) is 6.76. The summed E-state index contributed by atoms with van der Waals surface area (Å²) in [5, 5.41) is 0. The number of hydrogen-bond donors (Lipinski definition) is 0. The number of rotatable bonds is 1. The van der Waals surface area contributed by atoms with Gasteiger partial charge in [0.05, 0.1) is 5.69 Å². The fraction of sp³-hybridized carbons (Fsp3) is 0. The zero-order valence-corrected chi connectivity index (χ0v) is 8.70. The quantitative estimate of drug-likeness (QED) is 0.730. The van der Waals surface area contributed by atoms with Crippen LogP contribution in [-0.2, 0) is 0 Å². The highest BCUT2D eigenvalue weighted by molar-refractivity contribution is 9.10. The van der Waals surface area contributed by atoms with Gasteiger partial charge in [-0.25, -0.2) is 4.98 Å². The Labute approximate surface area is 89.0 Å². The van der Waals surface area contributed by atoms with E-state index in [1.54, 1.807) is 12.3 Å². The van der Waals surface area contributed by atoms with Crippen molar-refractivity contribution in [1.29, 1.82) is 0 Å². The van der Waals surface area contributed by atoms with Gasteiger partial charge in [0.2, 0.25) is 5.95 Å². The van der Waals surface area contributed by atoms with Crippen LogP contribution in [0.15, 0.2) is 41.1 Å². The van der Waals surface area contributed by atoms with E-state index in [0.29, 0.717) is 0 Å². The van der Waals surface area contributed by atoms with E-state index in [9.17, 15) is 4.39 Å². The third kappa shape index (κ3) is 1.96. The minimum Gasteiger partial charge on any atom is -0.255 e. The van der Waals surface area contributed by atoms with E-state index in [0.717, 1.165) is 15.7 Å². The maximum Gasteiger partial charge on any atom is 0.213 e. The third-order valence-corrected chi connectivity index (χ3v) is 2.22. The van der Waals surface area contributed by atoms with Crippen LogP contribution in [0.5, 0.6) is 0 Å². The molecule has 0 fully saturated rings. The normalized spacial score (nSPS) is 10.1. The summed E-state index contributed by atoms with van der Waals surface area (Å²) in [6.07, 6.45) is 3.10. The first-order valence-electron chi connectivity index (χ1n) is 3.99. The van der Waals surface area contributed by atoms with E-state index in [2.05, 4.69) is 25.9 Å². The first-order valence-corrected chi connectivity index (χ1v) is 4.78. The molecule has 0 radical (unpaired) electrons. The van der Waals surface area contributed by atoms with Crippen LogP contribution < -0.4 is 0 Å². The third-order valence-electron chi connectivity index (χ3n) is 1.75. The van der Waals surface area contributed by atoms with Gasteiger partial charge in [0.1, 0.15) is 0 Å². The lowest BCUT2D eigenvalue weighted by molar-refractivity contribution is 0.584. The Kier molecular flexibility index (Phi) is 2.54. The minimum atomic E-state index is -0.493. The van der Waals surface area contributed by atoms with Crippen LogP contribution in [0.2, 0.25) is 0 Å². The highest BCUT2D eigenvalue weighted by atomic mass is 79.9. The topological polar surface area (TPSA) is 25.8 Å². The molecular weight excluding hydrogens is 247 g/mol. The van der Waals surface area contributed by atoms with E-state index >= 15 is 0 Å². The fourth-order valence-corrected chi connectivity index (χ4v) is 1.34. The molecule has 0 aliphatic heterocycles. The highest BCUT2D eigenvalue weighted by Crippen LogP contribution is 2.18. The first kappa shape index (κ1) is 9.27. The lowest BCUT2D eigenvalue weighted by Gasteiger charge is -1.99. The van der Waals surface area contributed by atoms with Crippen LogP contribution in [0.3, 0.4) is 0 Å². The minimum absolute atomic E-state index is 0.493. The van der Waals surface area contributed by atoms with Crippen LogP contribution in [0.25, 0.3) is 11.3 Å². The summed E-state index contributed by atoms with van der Waals surface area (Å²) in [4.78, 5) is 7.63. The van der Waals surface area contributed by atoms with E-state index in [1.165, 1.54) is 12.3 Å². The molecule has 0 aliphatic rings. The molecule has 14 heavy (non-hydrogen) atoms. The monoisotopic (exact) mass is 252 g/mol. The molecular formula is C10H6BrFN2. The smallest absolute Gasteiger partial charge is 0.213 e. The van der Waals surface area contributed by atoms with Crippen molar-refractivity contribution in [3.8, 4) is 11.3 Å². The van der Waals surface area contributed by atoms with E-state index in [4.69, 9.17) is 0 Å². The van der Waals surface area contributed by atoms with Gasteiger partial charge in [0.25, 0.3) is 0 Å². The summed E-state index contributed by atoms with van der Waals surface area (Å²) in [7, 11) is 0. The van der Waals surface area contributed by atoms with Crippen molar-refractivity contribution < 1.29 is 4.39 Å². The van der Waals surface area contributed by atoms with Gasteiger partial charge in [-0.2, -0.15) is 4.39 Å². The van der Waals surface area contributed by atoms with Crippen molar-refractivity contribution in [2.45, 2.75) is 0 Å². The maximum absolute atomic E-state index is 12.8. The molecule has 0 unspecified atom stereocenters. The van der Waals surface area contributed by atoms with Gasteiger partial charge in [-0.05, 0) is 34.1 Å². The molecule has 70 valence electrons. The summed E-state index contributed by atoms with van der Waals surface area (Å²) in [6.45, 7) is 0. The Bertz CT molecular complexity index is 442. The van der Waals surface area contributed by atoms with E-state index in [1.807, 2.05) is 12.1 Å². The molecule has 2 heterocycles. The molecule has 0 N–H and O–H groups in total. The van der Waals surface area contributed by atoms with Crippen molar-refractivity contribution in [2.75, 3.05) is 0 Å². The standard InChI is InChI=1S/C10H6BrFN2/c11-8-1-2-9(14-6-8)7-3-4-13-10(12)5-7/h1-6H. The van der Waals surface area contributed by atoms with Gasteiger partial charge >= 0.3 is 0 Å². The molecule has 0 amide bonds. The zero-order chi connectivity index (χ0) is 9.97. The molecule has 0 saturated heterocycles. The Hall–Kier alpha value is -1.29. The molecule has 0 bridgehead atoms. The average molecular weight is 253 g/mol. The zero-order valence-electron chi connectivity index (χ0n) is 7.11. The Morgan fingerprint density at radius 3 is 2.64 bits per heavy atom. The second-order valence-electron chi connectivity index (χ2n) is 2.73. The molecule has 0 saturated carbocycles. The number of nitrogens with zero attached hydrogens (tertiary/aromatic N) is 2. The average Bonchev–Trinajstić information content (AvgIpc) is 2.19. The molecule has 0 aromatic carbocycles. The van der Waals surface area contributed by atoms with Crippen LogP contribution in [0, 0.1) is 5.95 Å². The molecule has 2 aromatic rings. The summed E-state index contributed by atoms with van der Waals surface area (Å²) >= 11 is 3.28. The predicted octanol–water partition coefficient (Wildman–Crippen LogP) is 3.05. The molecule has 4 heteroatoms. The van der Waals surface area contributed by atoms with Crippen molar-refractivity contribution in [2.24, 2.45) is 0 Å². The molecule has 2 rings (SSSR count). The van der Waals surface area contributed by atoms with Crippen LogP contribution in [0.4, 0.5) is 4.39 Å². The van der Waals surface area contributed by atoms with Crippen molar-refractivity contribution in [3.63, 3.8) is 0 Å². The molecule has 0 atom stereocenters. The van der Waals surface area contributed by atoms with Crippen molar-refractivity contribution in [3.05, 3.63) is 47.1 Å². The molecule has 0 aliphatic carbocycles. The van der Waals surface area contributed by atoms with Crippen LogP contribution in [-0.4, -0.2) is 9.97 Å². The molecule has 0 spiro atoms. The van der Waals surface area contributed by atoms with E-state index < -0.39 is 5.95 Å². The second-order valence-corrected chi connectivity index (χ2v) is 3.64.